The van der Waals surface area contributed by atoms with Crippen LogP contribution in [0.4, 0.5) is 0 Å². The number of hydrogen-bond acceptors (Lipinski definition) is 3. The fourth-order valence-corrected chi connectivity index (χ4v) is 2.92. The van der Waals surface area contributed by atoms with Crippen molar-refractivity contribution in [2.75, 3.05) is 6.54 Å². The Morgan fingerprint density at radius 3 is 2.12 bits per heavy atom. The van der Waals surface area contributed by atoms with Crippen molar-refractivity contribution in [2.45, 2.75) is 77.4 Å². The molecule has 0 atom stereocenters. The third-order valence-electron chi connectivity index (χ3n) is 3.76. The van der Waals surface area contributed by atoms with Crippen LogP contribution < -0.4 is 11.2 Å². The Kier molecular flexibility index (Phi) is 4.38. The van der Waals surface area contributed by atoms with Gasteiger partial charge < -0.3 is 5.32 Å². The minimum Gasteiger partial charge on any atom is -0.314 e. The van der Waals surface area contributed by atoms with Gasteiger partial charge in [0.15, 0.2) is 0 Å². The van der Waals surface area contributed by atoms with E-state index in [9.17, 15) is 0 Å². The number of piperidine rings is 1. The molecule has 0 spiro atoms. The predicted molar refractivity (Wildman–Crippen MR) is 70.1 cm³/mol. The van der Waals surface area contributed by atoms with E-state index in [2.05, 4.69) is 39.9 Å². The zero-order chi connectivity index (χ0) is 12.4. The lowest BCUT2D eigenvalue weighted by Crippen LogP contribution is -2.66. The zero-order valence-corrected chi connectivity index (χ0v) is 11.6. The van der Waals surface area contributed by atoms with Crippen LogP contribution in [0, 0.1) is 0 Å². The summed E-state index contributed by atoms with van der Waals surface area (Å²) in [5.74, 6) is 6.21. The van der Waals surface area contributed by atoms with Gasteiger partial charge in [-0.15, -0.1) is 0 Å². The standard InChI is InChI=1S/C13H29N3/c1-6-7-8-15-11-9-12(2,3)16(14)13(4,5)10-11/h11,15H,6-10,14H2,1-5H3. The molecule has 1 aliphatic heterocycles. The molecule has 96 valence electrons. The fraction of sp³-hybridized carbons (Fsp3) is 1.00. The first-order valence-electron chi connectivity index (χ1n) is 6.58. The molecular formula is C13H29N3. The molecule has 0 aromatic rings. The molecule has 1 heterocycles. The van der Waals surface area contributed by atoms with Gasteiger partial charge in [-0.2, -0.15) is 0 Å². The highest BCUT2D eigenvalue weighted by Gasteiger charge is 2.43. The van der Waals surface area contributed by atoms with Gasteiger partial charge in [-0.1, -0.05) is 13.3 Å². The van der Waals surface area contributed by atoms with E-state index in [0.717, 1.165) is 19.4 Å². The summed E-state index contributed by atoms with van der Waals surface area (Å²) >= 11 is 0. The highest BCUT2D eigenvalue weighted by molar-refractivity contribution is 4.99. The second-order valence-corrected chi connectivity index (χ2v) is 6.41. The summed E-state index contributed by atoms with van der Waals surface area (Å²) < 4.78 is 0. The third kappa shape index (κ3) is 3.19. The van der Waals surface area contributed by atoms with Crippen LogP contribution >= 0.6 is 0 Å². The molecule has 16 heavy (non-hydrogen) atoms. The summed E-state index contributed by atoms with van der Waals surface area (Å²) in [5, 5.41) is 5.71. The van der Waals surface area contributed by atoms with Crippen LogP contribution in [0.2, 0.25) is 0 Å². The van der Waals surface area contributed by atoms with Gasteiger partial charge in [0.25, 0.3) is 0 Å². The van der Waals surface area contributed by atoms with Crippen LogP contribution in [0.1, 0.15) is 60.3 Å². The summed E-state index contributed by atoms with van der Waals surface area (Å²) in [6.45, 7) is 12.3. The van der Waals surface area contributed by atoms with E-state index in [1.807, 2.05) is 5.01 Å². The maximum Gasteiger partial charge on any atom is 0.0316 e. The molecule has 0 bridgehead atoms. The van der Waals surface area contributed by atoms with E-state index >= 15 is 0 Å². The third-order valence-corrected chi connectivity index (χ3v) is 3.76. The van der Waals surface area contributed by atoms with Gasteiger partial charge in [0, 0.05) is 17.1 Å². The quantitative estimate of drug-likeness (QED) is 0.572. The van der Waals surface area contributed by atoms with Crippen LogP contribution in [-0.4, -0.2) is 28.7 Å². The van der Waals surface area contributed by atoms with Crippen LogP contribution in [-0.2, 0) is 0 Å². The SMILES string of the molecule is CCCCNC1CC(C)(C)N(N)C(C)(C)C1. The lowest BCUT2D eigenvalue weighted by Gasteiger charge is -2.53. The van der Waals surface area contributed by atoms with Crippen molar-refractivity contribution in [1.29, 1.82) is 0 Å². The monoisotopic (exact) mass is 227 g/mol. The summed E-state index contributed by atoms with van der Waals surface area (Å²) in [4.78, 5) is 0. The summed E-state index contributed by atoms with van der Waals surface area (Å²) in [7, 11) is 0. The molecule has 0 radical (unpaired) electrons. The van der Waals surface area contributed by atoms with E-state index in [-0.39, 0.29) is 11.1 Å². The number of hydrogen-bond donors (Lipinski definition) is 2. The zero-order valence-electron chi connectivity index (χ0n) is 11.6. The van der Waals surface area contributed by atoms with Gasteiger partial charge in [-0.25, -0.2) is 5.01 Å². The van der Waals surface area contributed by atoms with Crippen molar-refractivity contribution in [3.63, 3.8) is 0 Å². The molecule has 3 N–H and O–H groups in total. The molecule has 1 fully saturated rings. The summed E-state index contributed by atoms with van der Waals surface area (Å²) in [6.07, 6.45) is 4.80. The van der Waals surface area contributed by atoms with Crippen molar-refractivity contribution in [1.82, 2.24) is 10.3 Å². The maximum atomic E-state index is 6.21. The highest BCUT2D eigenvalue weighted by Crippen LogP contribution is 2.35. The Labute approximate surface area is 101 Å². The maximum absolute atomic E-state index is 6.21. The minimum absolute atomic E-state index is 0.0889. The van der Waals surface area contributed by atoms with E-state index < -0.39 is 0 Å². The summed E-state index contributed by atoms with van der Waals surface area (Å²) in [5.41, 5.74) is 0.178. The number of hydrazine groups is 1. The van der Waals surface area contributed by atoms with Gasteiger partial charge in [0.1, 0.15) is 0 Å². The minimum atomic E-state index is 0.0889. The second-order valence-electron chi connectivity index (χ2n) is 6.41. The predicted octanol–water partition coefficient (Wildman–Crippen LogP) is 2.27. The molecule has 0 saturated carbocycles. The summed E-state index contributed by atoms with van der Waals surface area (Å²) in [6, 6.07) is 0.608. The molecule has 0 aromatic carbocycles. The number of nitrogens with two attached hydrogens (primary N) is 1. The lowest BCUT2D eigenvalue weighted by atomic mass is 9.78. The number of nitrogens with one attached hydrogen (secondary N) is 1. The van der Waals surface area contributed by atoms with Crippen LogP contribution in [0.25, 0.3) is 0 Å². The molecule has 0 aliphatic carbocycles. The lowest BCUT2D eigenvalue weighted by molar-refractivity contribution is -0.0418. The molecule has 1 saturated heterocycles. The van der Waals surface area contributed by atoms with Crippen LogP contribution in [0.3, 0.4) is 0 Å². The highest BCUT2D eigenvalue weighted by atomic mass is 15.5. The van der Waals surface area contributed by atoms with Crippen LogP contribution in [0.5, 0.6) is 0 Å². The van der Waals surface area contributed by atoms with Gasteiger partial charge in [0.2, 0.25) is 0 Å². The molecule has 0 amide bonds. The van der Waals surface area contributed by atoms with Crippen molar-refractivity contribution in [3.8, 4) is 0 Å². The van der Waals surface area contributed by atoms with Crippen LogP contribution in [0.15, 0.2) is 0 Å². The topological polar surface area (TPSA) is 41.3 Å². The molecular weight excluding hydrogens is 198 g/mol. The first kappa shape index (κ1) is 13.9. The Bertz CT molecular complexity index is 205. The Balaban J connectivity index is 2.57. The average Bonchev–Trinajstić information content (AvgIpc) is 2.14. The first-order chi connectivity index (χ1) is 7.29. The first-order valence-corrected chi connectivity index (χ1v) is 6.58. The Morgan fingerprint density at radius 2 is 1.69 bits per heavy atom. The van der Waals surface area contributed by atoms with Gasteiger partial charge >= 0.3 is 0 Å². The van der Waals surface area contributed by atoms with E-state index in [4.69, 9.17) is 5.84 Å². The molecule has 0 aromatic heterocycles. The molecule has 1 rings (SSSR count). The van der Waals surface area contributed by atoms with Crippen molar-refractivity contribution in [3.05, 3.63) is 0 Å². The number of unbranched alkanes of at least 4 members (excludes halogenated alkanes) is 1. The molecule has 3 heteroatoms. The number of rotatable bonds is 4. The van der Waals surface area contributed by atoms with Gasteiger partial charge in [0.05, 0.1) is 0 Å². The molecule has 0 unspecified atom stereocenters. The van der Waals surface area contributed by atoms with E-state index in [0.29, 0.717) is 6.04 Å². The van der Waals surface area contributed by atoms with Crippen molar-refractivity contribution < 1.29 is 0 Å². The smallest absolute Gasteiger partial charge is 0.0316 e. The molecule has 3 nitrogen and oxygen atoms in total. The largest absolute Gasteiger partial charge is 0.314 e. The fourth-order valence-electron chi connectivity index (χ4n) is 2.92. The number of nitrogens with zero attached hydrogens (tertiary/aromatic N) is 1. The van der Waals surface area contributed by atoms with E-state index in [1.165, 1.54) is 12.8 Å². The normalized spacial score (nSPS) is 25.9. The van der Waals surface area contributed by atoms with Gasteiger partial charge in [-0.3, -0.25) is 5.84 Å². The molecule has 1 aliphatic rings. The van der Waals surface area contributed by atoms with Crippen molar-refractivity contribution >= 4 is 0 Å². The van der Waals surface area contributed by atoms with Crippen molar-refractivity contribution in [2.24, 2.45) is 5.84 Å². The van der Waals surface area contributed by atoms with E-state index in [1.54, 1.807) is 0 Å². The average molecular weight is 227 g/mol. The van der Waals surface area contributed by atoms with Gasteiger partial charge in [-0.05, 0) is 53.5 Å². The Hall–Kier alpha value is -0.120. The Morgan fingerprint density at radius 1 is 1.19 bits per heavy atom. The second kappa shape index (κ2) is 5.03.